The summed E-state index contributed by atoms with van der Waals surface area (Å²) in [6, 6.07) is 8.19. The van der Waals surface area contributed by atoms with Crippen LogP contribution >= 0.6 is 0 Å². The normalized spacial score (nSPS) is 14.8. The standard InChI is InChI=1S/C12H15N3O/c1-15-12(6-7-14-15)11-4-2-10(3-5-11)8-13-9-16/h2-6,9,14H,7-8H2,1H3,(H,13,16). The molecule has 2 rings (SSSR count). The number of amides is 1. The van der Waals surface area contributed by atoms with Crippen LogP contribution < -0.4 is 10.7 Å². The van der Waals surface area contributed by atoms with Crippen molar-refractivity contribution < 1.29 is 4.79 Å². The van der Waals surface area contributed by atoms with Gasteiger partial charge >= 0.3 is 0 Å². The van der Waals surface area contributed by atoms with Gasteiger partial charge in [0.05, 0.1) is 5.70 Å². The molecule has 2 N–H and O–H groups in total. The van der Waals surface area contributed by atoms with Crippen LogP contribution in [0.3, 0.4) is 0 Å². The van der Waals surface area contributed by atoms with Gasteiger partial charge < -0.3 is 10.3 Å². The molecular formula is C12H15N3O. The van der Waals surface area contributed by atoms with Crippen LogP contribution in [-0.4, -0.2) is 25.0 Å². The molecule has 0 aliphatic carbocycles. The molecule has 4 nitrogen and oxygen atoms in total. The number of carbonyl (C=O) groups is 1. The van der Waals surface area contributed by atoms with Crippen molar-refractivity contribution in [2.75, 3.05) is 13.6 Å². The lowest BCUT2D eigenvalue weighted by Gasteiger charge is -2.16. The molecule has 1 aromatic rings. The molecule has 0 bridgehead atoms. The van der Waals surface area contributed by atoms with Crippen molar-refractivity contribution in [2.24, 2.45) is 0 Å². The van der Waals surface area contributed by atoms with Crippen LogP contribution in [0.2, 0.25) is 0 Å². The number of hydrogen-bond donors (Lipinski definition) is 2. The highest BCUT2D eigenvalue weighted by molar-refractivity contribution is 5.65. The van der Waals surface area contributed by atoms with E-state index in [4.69, 9.17) is 0 Å². The smallest absolute Gasteiger partial charge is 0.207 e. The van der Waals surface area contributed by atoms with Gasteiger partial charge in [0, 0.05) is 20.1 Å². The maximum Gasteiger partial charge on any atom is 0.207 e. The van der Waals surface area contributed by atoms with Crippen LogP contribution in [0.15, 0.2) is 30.3 Å². The summed E-state index contributed by atoms with van der Waals surface area (Å²) < 4.78 is 0. The van der Waals surface area contributed by atoms with Crippen LogP contribution in [0.1, 0.15) is 11.1 Å². The summed E-state index contributed by atoms with van der Waals surface area (Å²) in [5.41, 5.74) is 6.67. The minimum atomic E-state index is 0.580. The highest BCUT2D eigenvalue weighted by atomic mass is 16.1. The van der Waals surface area contributed by atoms with Crippen molar-refractivity contribution in [3.05, 3.63) is 41.5 Å². The number of benzene rings is 1. The Labute approximate surface area is 94.9 Å². The summed E-state index contributed by atoms with van der Waals surface area (Å²) in [4.78, 5) is 10.2. The maximum absolute atomic E-state index is 10.2. The van der Waals surface area contributed by atoms with E-state index in [9.17, 15) is 4.79 Å². The summed E-state index contributed by atoms with van der Waals surface area (Å²) in [5, 5.41) is 4.66. The molecule has 1 heterocycles. The second-order valence-electron chi connectivity index (χ2n) is 3.71. The molecule has 16 heavy (non-hydrogen) atoms. The summed E-state index contributed by atoms with van der Waals surface area (Å²) >= 11 is 0. The molecule has 0 atom stereocenters. The van der Waals surface area contributed by atoms with Gasteiger partial charge in [0.2, 0.25) is 6.41 Å². The Kier molecular flexibility index (Phi) is 3.22. The zero-order chi connectivity index (χ0) is 11.4. The summed E-state index contributed by atoms with van der Waals surface area (Å²) in [6.45, 7) is 1.46. The average molecular weight is 217 g/mol. The highest BCUT2D eigenvalue weighted by Gasteiger charge is 2.11. The Bertz CT molecular complexity index is 397. The molecule has 1 aliphatic rings. The fraction of sp³-hybridized carbons (Fsp3) is 0.250. The molecule has 0 fully saturated rings. The van der Waals surface area contributed by atoms with E-state index in [1.165, 1.54) is 11.3 Å². The number of nitrogens with zero attached hydrogens (tertiary/aromatic N) is 1. The third-order valence-electron chi connectivity index (χ3n) is 2.62. The summed E-state index contributed by atoms with van der Waals surface area (Å²) in [5.74, 6) is 0. The minimum Gasteiger partial charge on any atom is -0.355 e. The first-order valence-electron chi connectivity index (χ1n) is 5.25. The van der Waals surface area contributed by atoms with E-state index in [1.807, 2.05) is 24.2 Å². The van der Waals surface area contributed by atoms with Crippen LogP contribution in [-0.2, 0) is 11.3 Å². The van der Waals surface area contributed by atoms with Crippen molar-refractivity contribution >= 4 is 12.1 Å². The number of rotatable bonds is 4. The first-order valence-corrected chi connectivity index (χ1v) is 5.25. The first kappa shape index (κ1) is 10.7. The molecular weight excluding hydrogens is 202 g/mol. The van der Waals surface area contributed by atoms with Crippen molar-refractivity contribution in [2.45, 2.75) is 6.54 Å². The number of hydrogen-bond acceptors (Lipinski definition) is 3. The third kappa shape index (κ3) is 2.23. The van der Waals surface area contributed by atoms with Crippen molar-refractivity contribution in [1.29, 1.82) is 0 Å². The van der Waals surface area contributed by atoms with Crippen LogP contribution in [0.25, 0.3) is 5.70 Å². The molecule has 0 spiro atoms. The number of nitrogens with one attached hydrogen (secondary N) is 2. The third-order valence-corrected chi connectivity index (χ3v) is 2.62. The minimum absolute atomic E-state index is 0.580. The van der Waals surface area contributed by atoms with Gasteiger partial charge in [-0.1, -0.05) is 24.3 Å². The average Bonchev–Trinajstić information content (AvgIpc) is 2.74. The Morgan fingerprint density at radius 1 is 1.44 bits per heavy atom. The lowest BCUT2D eigenvalue weighted by molar-refractivity contribution is -0.109. The van der Waals surface area contributed by atoms with Crippen LogP contribution in [0.4, 0.5) is 0 Å². The molecule has 0 saturated heterocycles. The molecule has 1 aromatic carbocycles. The lowest BCUT2D eigenvalue weighted by atomic mass is 10.1. The molecule has 1 amide bonds. The second kappa shape index (κ2) is 4.81. The van der Waals surface area contributed by atoms with Crippen molar-refractivity contribution in [3.63, 3.8) is 0 Å². The van der Waals surface area contributed by atoms with Gasteiger partial charge in [0.1, 0.15) is 0 Å². The highest BCUT2D eigenvalue weighted by Crippen LogP contribution is 2.19. The molecule has 84 valence electrons. The van der Waals surface area contributed by atoms with Gasteiger partial charge in [-0.2, -0.15) is 0 Å². The fourth-order valence-electron chi connectivity index (χ4n) is 1.77. The quantitative estimate of drug-likeness (QED) is 0.731. The van der Waals surface area contributed by atoms with Crippen LogP contribution in [0.5, 0.6) is 0 Å². The molecule has 1 aliphatic heterocycles. The predicted molar refractivity (Wildman–Crippen MR) is 63.1 cm³/mol. The topological polar surface area (TPSA) is 44.4 Å². The second-order valence-corrected chi connectivity index (χ2v) is 3.71. The summed E-state index contributed by atoms with van der Waals surface area (Å²) in [7, 11) is 2.00. The van der Waals surface area contributed by atoms with Gasteiger partial charge in [-0.05, 0) is 17.2 Å². The largest absolute Gasteiger partial charge is 0.355 e. The molecule has 0 radical (unpaired) electrons. The number of hydrazine groups is 1. The zero-order valence-electron chi connectivity index (χ0n) is 9.23. The monoisotopic (exact) mass is 217 g/mol. The Hall–Kier alpha value is -1.81. The number of carbonyl (C=O) groups excluding carboxylic acids is 1. The van der Waals surface area contributed by atoms with Gasteiger partial charge in [-0.25, -0.2) is 5.43 Å². The molecule has 0 aromatic heterocycles. The van der Waals surface area contributed by atoms with Gasteiger partial charge in [0.25, 0.3) is 0 Å². The van der Waals surface area contributed by atoms with Gasteiger partial charge in [0.15, 0.2) is 0 Å². The predicted octanol–water partition coefficient (Wildman–Crippen LogP) is 0.723. The fourth-order valence-corrected chi connectivity index (χ4v) is 1.77. The van der Waals surface area contributed by atoms with Gasteiger partial charge in [-0.15, -0.1) is 0 Å². The zero-order valence-corrected chi connectivity index (χ0v) is 9.23. The van der Waals surface area contributed by atoms with E-state index in [-0.39, 0.29) is 0 Å². The van der Waals surface area contributed by atoms with Crippen molar-refractivity contribution in [1.82, 2.24) is 15.8 Å². The molecule has 4 heteroatoms. The van der Waals surface area contributed by atoms with E-state index >= 15 is 0 Å². The van der Waals surface area contributed by atoms with E-state index in [1.54, 1.807) is 0 Å². The Morgan fingerprint density at radius 2 is 2.19 bits per heavy atom. The van der Waals surface area contributed by atoms with E-state index < -0.39 is 0 Å². The Balaban J connectivity index is 2.10. The SMILES string of the molecule is CN1NCC=C1c1ccc(CNC=O)cc1. The summed E-state index contributed by atoms with van der Waals surface area (Å²) in [6.07, 6.45) is 2.86. The van der Waals surface area contributed by atoms with Gasteiger partial charge in [-0.3, -0.25) is 4.79 Å². The molecule has 0 saturated carbocycles. The Morgan fingerprint density at radius 3 is 2.75 bits per heavy atom. The molecule has 0 unspecified atom stereocenters. The van der Waals surface area contributed by atoms with E-state index in [0.29, 0.717) is 13.0 Å². The first-order chi connectivity index (χ1) is 7.81. The van der Waals surface area contributed by atoms with E-state index in [2.05, 4.69) is 29.0 Å². The maximum atomic E-state index is 10.2. The van der Waals surface area contributed by atoms with Crippen molar-refractivity contribution in [3.8, 4) is 0 Å². The van der Waals surface area contributed by atoms with Crippen LogP contribution in [0, 0.1) is 0 Å². The van der Waals surface area contributed by atoms with E-state index in [0.717, 1.165) is 12.1 Å². The lowest BCUT2D eigenvalue weighted by Crippen LogP contribution is -2.26.